The largest absolute Gasteiger partial charge is 0.345 e. The zero-order valence-electron chi connectivity index (χ0n) is 11.2. The zero-order valence-corrected chi connectivity index (χ0v) is 11.2. The lowest BCUT2D eigenvalue weighted by Gasteiger charge is -2.15. The highest BCUT2D eigenvalue weighted by Crippen LogP contribution is 2.21. The molecule has 1 heterocycles. The monoisotopic (exact) mass is 274 g/mol. The Bertz CT molecular complexity index is 574. The van der Waals surface area contributed by atoms with Crippen molar-refractivity contribution in [1.82, 2.24) is 10.2 Å². The van der Waals surface area contributed by atoms with Gasteiger partial charge in [0.1, 0.15) is 6.54 Å². The van der Waals surface area contributed by atoms with Crippen LogP contribution in [0, 0.1) is 0 Å². The Morgan fingerprint density at radius 1 is 1.15 bits per heavy atom. The molecule has 0 unspecified atom stereocenters. The Hall–Kier alpha value is -2.50. The van der Waals surface area contributed by atoms with Gasteiger partial charge in [-0.1, -0.05) is 12.1 Å². The molecule has 0 aromatic heterocycles. The number of imide groups is 1. The predicted molar refractivity (Wildman–Crippen MR) is 70.1 cm³/mol. The second-order valence-electron chi connectivity index (χ2n) is 4.64. The fourth-order valence-corrected chi connectivity index (χ4v) is 1.92. The van der Waals surface area contributed by atoms with Crippen molar-refractivity contribution in [1.29, 1.82) is 0 Å². The lowest BCUT2D eigenvalue weighted by atomic mass is 10.1. The van der Waals surface area contributed by atoms with E-state index in [1.165, 1.54) is 6.92 Å². The van der Waals surface area contributed by atoms with Gasteiger partial charge in [0.15, 0.2) is 5.78 Å². The molecule has 0 spiro atoms. The number of hydrogen-bond acceptors (Lipinski definition) is 4. The van der Waals surface area contributed by atoms with Gasteiger partial charge in [-0.3, -0.25) is 24.1 Å². The highest BCUT2D eigenvalue weighted by atomic mass is 16.2. The van der Waals surface area contributed by atoms with Crippen LogP contribution in [0.2, 0.25) is 0 Å². The van der Waals surface area contributed by atoms with Crippen LogP contribution in [0.15, 0.2) is 24.3 Å². The molecule has 0 aliphatic carbocycles. The normalized spacial score (nSPS) is 15.0. The van der Waals surface area contributed by atoms with E-state index >= 15 is 0 Å². The van der Waals surface area contributed by atoms with Gasteiger partial charge in [-0.2, -0.15) is 0 Å². The third kappa shape index (κ3) is 2.45. The number of Topliss-reactive ketones (excluding diaryl/α,β-unsaturated/α-hetero) is 1. The summed E-state index contributed by atoms with van der Waals surface area (Å²) in [5.41, 5.74) is 0.592. The van der Waals surface area contributed by atoms with E-state index in [0.29, 0.717) is 11.1 Å². The molecule has 0 saturated heterocycles. The van der Waals surface area contributed by atoms with Gasteiger partial charge >= 0.3 is 0 Å². The van der Waals surface area contributed by atoms with Crippen LogP contribution in [-0.4, -0.2) is 41.0 Å². The molecular formula is C14H14N2O4. The fraction of sp³-hybridized carbons (Fsp3) is 0.286. The number of carbonyl (C=O) groups excluding carboxylic acids is 4. The first kappa shape index (κ1) is 13.9. The van der Waals surface area contributed by atoms with E-state index in [1.807, 2.05) is 0 Å². The van der Waals surface area contributed by atoms with Crippen molar-refractivity contribution in [2.24, 2.45) is 0 Å². The molecule has 20 heavy (non-hydrogen) atoms. The van der Waals surface area contributed by atoms with E-state index in [0.717, 1.165) is 4.90 Å². The molecule has 1 aliphatic rings. The Balaban J connectivity index is 2.09. The second kappa shape index (κ2) is 5.24. The highest BCUT2D eigenvalue weighted by Gasteiger charge is 2.36. The number of ketones is 1. The van der Waals surface area contributed by atoms with Gasteiger partial charge < -0.3 is 5.32 Å². The first-order chi connectivity index (χ1) is 9.41. The number of hydrogen-bond donors (Lipinski definition) is 1. The maximum Gasteiger partial charge on any atom is 0.262 e. The molecule has 1 atom stereocenters. The maximum atomic E-state index is 12.0. The van der Waals surface area contributed by atoms with Crippen LogP contribution < -0.4 is 5.32 Å². The lowest BCUT2D eigenvalue weighted by Crippen LogP contribution is -2.45. The number of benzene rings is 1. The van der Waals surface area contributed by atoms with E-state index in [-0.39, 0.29) is 12.3 Å². The van der Waals surface area contributed by atoms with Crippen molar-refractivity contribution in [3.05, 3.63) is 35.4 Å². The third-order valence-electron chi connectivity index (χ3n) is 3.17. The van der Waals surface area contributed by atoms with Gasteiger partial charge in [-0.25, -0.2) is 0 Å². The molecule has 0 fully saturated rings. The Kier molecular flexibility index (Phi) is 3.65. The number of carbonyl (C=O) groups is 4. The highest BCUT2D eigenvalue weighted by molar-refractivity contribution is 6.22. The minimum Gasteiger partial charge on any atom is -0.345 e. The van der Waals surface area contributed by atoms with Crippen LogP contribution in [0.5, 0.6) is 0 Å². The minimum atomic E-state index is -0.641. The predicted octanol–water partition coefficient (Wildman–Crippen LogP) is 0.376. The SMILES string of the molecule is CC(=O)[C@H](C)NC(=O)CN1C(=O)c2ccccc2C1=O. The van der Waals surface area contributed by atoms with Crippen LogP contribution >= 0.6 is 0 Å². The molecule has 3 amide bonds. The van der Waals surface area contributed by atoms with E-state index in [2.05, 4.69) is 5.32 Å². The fourth-order valence-electron chi connectivity index (χ4n) is 1.92. The van der Waals surface area contributed by atoms with Crippen LogP contribution in [-0.2, 0) is 9.59 Å². The van der Waals surface area contributed by atoms with Crippen molar-refractivity contribution in [3.63, 3.8) is 0 Å². The second-order valence-corrected chi connectivity index (χ2v) is 4.64. The van der Waals surface area contributed by atoms with Crippen molar-refractivity contribution in [2.45, 2.75) is 19.9 Å². The molecule has 2 rings (SSSR count). The first-order valence-corrected chi connectivity index (χ1v) is 6.17. The van der Waals surface area contributed by atoms with Gasteiger partial charge in [-0.05, 0) is 26.0 Å². The minimum absolute atomic E-state index is 0.194. The van der Waals surface area contributed by atoms with E-state index in [9.17, 15) is 19.2 Å². The third-order valence-corrected chi connectivity index (χ3v) is 3.17. The molecule has 1 aliphatic heterocycles. The summed E-state index contributed by atoms with van der Waals surface area (Å²) in [6, 6.07) is 5.77. The smallest absolute Gasteiger partial charge is 0.262 e. The van der Waals surface area contributed by atoms with Gasteiger partial charge in [0.05, 0.1) is 17.2 Å². The molecule has 1 N–H and O–H groups in total. The maximum absolute atomic E-state index is 12.0. The van der Waals surface area contributed by atoms with Crippen LogP contribution in [0.3, 0.4) is 0 Å². The van der Waals surface area contributed by atoms with Crippen molar-refractivity contribution in [2.75, 3.05) is 6.54 Å². The summed E-state index contributed by atoms with van der Waals surface area (Å²) in [5.74, 6) is -1.71. The summed E-state index contributed by atoms with van der Waals surface area (Å²) in [5, 5.41) is 2.44. The number of nitrogens with one attached hydrogen (secondary N) is 1. The van der Waals surface area contributed by atoms with Crippen LogP contribution in [0.4, 0.5) is 0 Å². The van der Waals surface area contributed by atoms with Gasteiger partial charge in [0, 0.05) is 0 Å². The summed E-state index contributed by atoms with van der Waals surface area (Å²) >= 11 is 0. The quantitative estimate of drug-likeness (QED) is 0.804. The molecular weight excluding hydrogens is 260 g/mol. The summed E-state index contributed by atoms with van der Waals surface area (Å²) in [6.45, 7) is 2.51. The van der Waals surface area contributed by atoms with Crippen molar-refractivity contribution in [3.8, 4) is 0 Å². The summed E-state index contributed by atoms with van der Waals surface area (Å²) in [6.07, 6.45) is 0. The van der Waals surface area contributed by atoms with E-state index in [4.69, 9.17) is 0 Å². The number of nitrogens with zero attached hydrogens (tertiary/aromatic N) is 1. The first-order valence-electron chi connectivity index (χ1n) is 6.17. The molecule has 0 radical (unpaired) electrons. The molecule has 6 heteroatoms. The van der Waals surface area contributed by atoms with E-state index in [1.54, 1.807) is 31.2 Å². The Morgan fingerprint density at radius 3 is 2.10 bits per heavy atom. The molecule has 6 nitrogen and oxygen atoms in total. The summed E-state index contributed by atoms with van der Waals surface area (Å²) < 4.78 is 0. The van der Waals surface area contributed by atoms with Crippen LogP contribution in [0.25, 0.3) is 0 Å². The topological polar surface area (TPSA) is 83.6 Å². The molecule has 104 valence electrons. The zero-order chi connectivity index (χ0) is 14.9. The van der Waals surface area contributed by atoms with Crippen molar-refractivity contribution < 1.29 is 19.2 Å². The molecule has 0 bridgehead atoms. The van der Waals surface area contributed by atoms with Gasteiger partial charge in [0.25, 0.3) is 11.8 Å². The average molecular weight is 274 g/mol. The van der Waals surface area contributed by atoms with Gasteiger partial charge in [0.2, 0.25) is 5.91 Å². The molecule has 1 aromatic carbocycles. The summed E-state index contributed by atoms with van der Waals surface area (Å²) in [4.78, 5) is 47.7. The molecule has 1 aromatic rings. The summed E-state index contributed by atoms with van der Waals surface area (Å²) in [7, 11) is 0. The lowest BCUT2D eigenvalue weighted by molar-refractivity contribution is -0.126. The average Bonchev–Trinajstić information content (AvgIpc) is 2.64. The van der Waals surface area contributed by atoms with Gasteiger partial charge in [-0.15, -0.1) is 0 Å². The molecule has 0 saturated carbocycles. The van der Waals surface area contributed by atoms with E-state index < -0.39 is 23.8 Å². The number of rotatable bonds is 4. The Morgan fingerprint density at radius 2 is 1.65 bits per heavy atom. The number of amides is 3. The van der Waals surface area contributed by atoms with Crippen LogP contribution in [0.1, 0.15) is 34.6 Å². The Labute approximate surface area is 115 Å². The number of fused-ring (bicyclic) bond motifs is 1. The standard InChI is InChI=1S/C14H14N2O4/c1-8(9(2)17)15-12(18)7-16-13(19)10-5-3-4-6-11(10)14(16)20/h3-6,8H,7H2,1-2H3,(H,15,18)/t8-/m0/s1. The van der Waals surface area contributed by atoms with Crippen molar-refractivity contribution >= 4 is 23.5 Å².